The van der Waals surface area contributed by atoms with Crippen molar-refractivity contribution < 1.29 is 4.39 Å². The van der Waals surface area contributed by atoms with E-state index in [1.807, 2.05) is 13.8 Å². The molecule has 6 heteroatoms. The second-order valence-corrected chi connectivity index (χ2v) is 4.82. The standard InChI is InChI=1S/C12H15FN4S/c1-3-10-12(18-17-16-10)11(15-14)9-5-4-8(13)6-7(9)2/h4-6,11,15H,3,14H2,1-2H3. The van der Waals surface area contributed by atoms with Gasteiger partial charge in [-0.3, -0.25) is 5.84 Å². The predicted octanol–water partition coefficient (Wildman–Crippen LogP) is 2.10. The lowest BCUT2D eigenvalue weighted by Crippen LogP contribution is -2.29. The van der Waals surface area contributed by atoms with E-state index in [1.165, 1.54) is 23.7 Å². The zero-order chi connectivity index (χ0) is 13.1. The molecule has 0 aliphatic heterocycles. The zero-order valence-electron chi connectivity index (χ0n) is 10.3. The van der Waals surface area contributed by atoms with Crippen LogP contribution >= 0.6 is 11.5 Å². The minimum atomic E-state index is -0.245. The highest BCUT2D eigenvalue weighted by Crippen LogP contribution is 2.29. The number of halogens is 1. The van der Waals surface area contributed by atoms with E-state index in [2.05, 4.69) is 15.0 Å². The van der Waals surface area contributed by atoms with Gasteiger partial charge in [-0.2, -0.15) is 0 Å². The fraction of sp³-hybridized carbons (Fsp3) is 0.333. The lowest BCUT2D eigenvalue weighted by atomic mass is 9.99. The summed E-state index contributed by atoms with van der Waals surface area (Å²) in [5.41, 5.74) is 5.49. The Labute approximate surface area is 109 Å². The molecule has 2 rings (SSSR count). The van der Waals surface area contributed by atoms with Gasteiger partial charge in [0.15, 0.2) is 0 Å². The molecular formula is C12H15FN4S. The molecule has 0 aliphatic rings. The van der Waals surface area contributed by atoms with Crippen molar-refractivity contribution >= 4 is 11.5 Å². The minimum Gasteiger partial charge on any atom is -0.271 e. The van der Waals surface area contributed by atoms with Crippen LogP contribution in [0.4, 0.5) is 4.39 Å². The number of hydrogen-bond acceptors (Lipinski definition) is 5. The first-order valence-corrected chi connectivity index (χ1v) is 6.48. The minimum absolute atomic E-state index is 0.194. The van der Waals surface area contributed by atoms with E-state index in [9.17, 15) is 4.39 Å². The molecule has 0 amide bonds. The van der Waals surface area contributed by atoms with Crippen LogP contribution < -0.4 is 11.3 Å². The van der Waals surface area contributed by atoms with E-state index < -0.39 is 0 Å². The van der Waals surface area contributed by atoms with Crippen molar-refractivity contribution in [1.29, 1.82) is 0 Å². The van der Waals surface area contributed by atoms with Crippen LogP contribution in [0.25, 0.3) is 0 Å². The third kappa shape index (κ3) is 2.40. The third-order valence-corrected chi connectivity index (χ3v) is 3.72. The molecule has 1 aromatic heterocycles. The van der Waals surface area contributed by atoms with Crippen molar-refractivity contribution in [3.05, 3.63) is 45.7 Å². The first-order valence-electron chi connectivity index (χ1n) is 5.70. The lowest BCUT2D eigenvalue weighted by molar-refractivity contribution is 0.613. The molecule has 3 N–H and O–H groups in total. The zero-order valence-corrected chi connectivity index (χ0v) is 11.1. The number of hydrazine groups is 1. The Bertz CT molecular complexity index is 541. The molecule has 1 atom stereocenters. The number of aryl methyl sites for hydroxylation is 2. The number of hydrogen-bond donors (Lipinski definition) is 2. The highest BCUT2D eigenvalue weighted by atomic mass is 32.1. The molecule has 0 radical (unpaired) electrons. The molecular weight excluding hydrogens is 251 g/mol. The van der Waals surface area contributed by atoms with Crippen LogP contribution in [0.3, 0.4) is 0 Å². The summed E-state index contributed by atoms with van der Waals surface area (Å²) in [5.74, 6) is 5.39. The maximum atomic E-state index is 13.1. The number of aromatic nitrogens is 2. The summed E-state index contributed by atoms with van der Waals surface area (Å²) in [6.07, 6.45) is 0.796. The van der Waals surface area contributed by atoms with Crippen molar-refractivity contribution in [2.45, 2.75) is 26.3 Å². The van der Waals surface area contributed by atoms with Gasteiger partial charge in [0.25, 0.3) is 0 Å². The maximum absolute atomic E-state index is 13.1. The molecule has 1 unspecified atom stereocenters. The van der Waals surface area contributed by atoms with Gasteiger partial charge in [-0.05, 0) is 48.1 Å². The summed E-state index contributed by atoms with van der Waals surface area (Å²) in [6.45, 7) is 3.88. The highest BCUT2D eigenvalue weighted by molar-refractivity contribution is 7.05. The second-order valence-electron chi connectivity index (χ2n) is 4.04. The molecule has 0 saturated heterocycles. The molecule has 4 nitrogen and oxygen atoms in total. The van der Waals surface area contributed by atoms with E-state index in [4.69, 9.17) is 5.84 Å². The molecule has 1 heterocycles. The van der Waals surface area contributed by atoms with Crippen molar-refractivity contribution in [2.75, 3.05) is 0 Å². The Balaban J connectivity index is 2.45. The molecule has 96 valence electrons. The molecule has 0 bridgehead atoms. The Hall–Kier alpha value is -1.37. The van der Waals surface area contributed by atoms with Gasteiger partial charge in [-0.1, -0.05) is 17.5 Å². The lowest BCUT2D eigenvalue weighted by Gasteiger charge is -2.17. The summed E-state index contributed by atoms with van der Waals surface area (Å²) in [4.78, 5) is 0.981. The summed E-state index contributed by atoms with van der Waals surface area (Å²) in [7, 11) is 0. The van der Waals surface area contributed by atoms with Crippen LogP contribution in [-0.4, -0.2) is 9.59 Å². The summed E-state index contributed by atoms with van der Waals surface area (Å²) in [6, 6.07) is 4.49. The first kappa shape index (κ1) is 13.1. The van der Waals surface area contributed by atoms with Gasteiger partial charge in [-0.25, -0.2) is 9.82 Å². The van der Waals surface area contributed by atoms with Crippen LogP contribution in [0.15, 0.2) is 18.2 Å². The molecule has 1 aromatic carbocycles. The van der Waals surface area contributed by atoms with Crippen LogP contribution in [0, 0.1) is 12.7 Å². The maximum Gasteiger partial charge on any atom is 0.123 e. The Morgan fingerprint density at radius 1 is 1.50 bits per heavy atom. The van der Waals surface area contributed by atoms with E-state index in [0.717, 1.165) is 28.1 Å². The van der Waals surface area contributed by atoms with Crippen molar-refractivity contribution in [2.24, 2.45) is 5.84 Å². The van der Waals surface area contributed by atoms with Crippen LogP contribution in [0.5, 0.6) is 0 Å². The monoisotopic (exact) mass is 266 g/mol. The highest BCUT2D eigenvalue weighted by Gasteiger charge is 2.20. The van der Waals surface area contributed by atoms with Gasteiger partial charge in [-0.15, -0.1) is 5.10 Å². The average Bonchev–Trinajstić information content (AvgIpc) is 2.81. The van der Waals surface area contributed by atoms with Gasteiger partial charge < -0.3 is 0 Å². The van der Waals surface area contributed by atoms with Crippen molar-refractivity contribution in [1.82, 2.24) is 15.0 Å². The topological polar surface area (TPSA) is 63.8 Å². The smallest absolute Gasteiger partial charge is 0.123 e. The number of nitrogens with one attached hydrogen (secondary N) is 1. The fourth-order valence-electron chi connectivity index (χ4n) is 1.95. The van der Waals surface area contributed by atoms with Crippen LogP contribution in [0.1, 0.15) is 34.7 Å². The fourth-order valence-corrected chi connectivity index (χ4v) is 2.77. The molecule has 0 aliphatic carbocycles. The van der Waals surface area contributed by atoms with Gasteiger partial charge >= 0.3 is 0 Å². The number of nitrogens with zero attached hydrogens (tertiary/aromatic N) is 2. The van der Waals surface area contributed by atoms with Crippen LogP contribution in [0.2, 0.25) is 0 Å². The summed E-state index contributed by atoms with van der Waals surface area (Å²) < 4.78 is 17.1. The van der Waals surface area contributed by atoms with Gasteiger partial charge in [0.2, 0.25) is 0 Å². The molecule has 0 fully saturated rings. The normalized spacial score (nSPS) is 12.7. The SMILES string of the molecule is CCc1nnsc1C(NN)c1ccc(F)cc1C. The van der Waals surface area contributed by atoms with E-state index in [1.54, 1.807) is 6.07 Å². The van der Waals surface area contributed by atoms with E-state index in [0.29, 0.717) is 0 Å². The van der Waals surface area contributed by atoms with Crippen molar-refractivity contribution in [3.8, 4) is 0 Å². The largest absolute Gasteiger partial charge is 0.271 e. The average molecular weight is 266 g/mol. The number of nitrogens with two attached hydrogens (primary N) is 1. The second kappa shape index (κ2) is 5.51. The van der Waals surface area contributed by atoms with Gasteiger partial charge in [0.1, 0.15) is 5.82 Å². The number of benzene rings is 1. The summed E-state index contributed by atoms with van der Waals surface area (Å²) in [5, 5.41) is 4.08. The van der Waals surface area contributed by atoms with Gasteiger partial charge in [0, 0.05) is 0 Å². The Kier molecular flexibility index (Phi) is 4.00. The quantitative estimate of drug-likeness (QED) is 0.657. The van der Waals surface area contributed by atoms with Crippen LogP contribution in [-0.2, 0) is 6.42 Å². The number of rotatable bonds is 4. The summed E-state index contributed by atoms with van der Waals surface area (Å²) >= 11 is 1.32. The molecule has 0 spiro atoms. The van der Waals surface area contributed by atoms with E-state index >= 15 is 0 Å². The Morgan fingerprint density at radius 3 is 2.89 bits per heavy atom. The third-order valence-electron chi connectivity index (χ3n) is 2.89. The molecule has 0 saturated carbocycles. The molecule has 2 aromatic rings. The predicted molar refractivity (Wildman–Crippen MR) is 69.6 cm³/mol. The molecule has 18 heavy (non-hydrogen) atoms. The van der Waals surface area contributed by atoms with Gasteiger partial charge in [0.05, 0.1) is 16.6 Å². The Morgan fingerprint density at radius 2 is 2.28 bits per heavy atom. The van der Waals surface area contributed by atoms with Crippen molar-refractivity contribution in [3.63, 3.8) is 0 Å². The first-order chi connectivity index (χ1) is 8.67. The van der Waals surface area contributed by atoms with E-state index in [-0.39, 0.29) is 11.9 Å².